The van der Waals surface area contributed by atoms with Crippen molar-refractivity contribution in [3.63, 3.8) is 0 Å². The molecular weight excluding hydrogens is 384 g/mol. The van der Waals surface area contributed by atoms with Crippen LogP contribution in [-0.4, -0.2) is 20.9 Å². The molecule has 0 aliphatic carbocycles. The SMILES string of the molecule is CCCNS(=O)(=O)c1ccc(NC(=O)C(c2ccccc2)c2ccccc2)cc1. The minimum absolute atomic E-state index is 0.173. The number of amides is 1. The monoisotopic (exact) mass is 408 g/mol. The largest absolute Gasteiger partial charge is 0.325 e. The molecule has 3 aromatic carbocycles. The van der Waals surface area contributed by atoms with Gasteiger partial charge in [0.25, 0.3) is 0 Å². The summed E-state index contributed by atoms with van der Waals surface area (Å²) in [6.07, 6.45) is 0.716. The number of hydrogen-bond acceptors (Lipinski definition) is 3. The van der Waals surface area contributed by atoms with Crippen molar-refractivity contribution < 1.29 is 13.2 Å². The smallest absolute Gasteiger partial charge is 0.240 e. The number of carbonyl (C=O) groups is 1. The van der Waals surface area contributed by atoms with Crippen molar-refractivity contribution in [2.75, 3.05) is 11.9 Å². The predicted octanol–water partition coefficient (Wildman–Crippen LogP) is 4.15. The molecule has 0 saturated carbocycles. The molecule has 0 bridgehead atoms. The summed E-state index contributed by atoms with van der Waals surface area (Å²) in [6.45, 7) is 2.29. The van der Waals surface area contributed by atoms with Crippen molar-refractivity contribution in [1.82, 2.24) is 4.72 Å². The zero-order valence-electron chi connectivity index (χ0n) is 16.2. The third-order valence-corrected chi connectivity index (χ3v) is 5.98. The average Bonchev–Trinajstić information content (AvgIpc) is 2.74. The van der Waals surface area contributed by atoms with Crippen LogP contribution in [-0.2, 0) is 14.8 Å². The van der Waals surface area contributed by atoms with Gasteiger partial charge in [-0.1, -0.05) is 67.6 Å². The molecule has 150 valence electrons. The van der Waals surface area contributed by atoms with Crippen LogP contribution in [0.5, 0.6) is 0 Å². The molecule has 2 N–H and O–H groups in total. The quantitative estimate of drug-likeness (QED) is 0.588. The van der Waals surface area contributed by atoms with Crippen LogP contribution in [0, 0.1) is 0 Å². The standard InChI is InChI=1S/C23H24N2O3S/c1-2-17-24-29(27,28)21-15-13-20(14-16-21)25-23(26)22(18-9-5-3-6-10-18)19-11-7-4-8-12-19/h3-16,22,24H,2,17H2,1H3,(H,25,26). The lowest BCUT2D eigenvalue weighted by molar-refractivity contribution is -0.116. The molecule has 0 radical (unpaired) electrons. The maximum absolute atomic E-state index is 13.1. The van der Waals surface area contributed by atoms with Crippen LogP contribution in [0.4, 0.5) is 5.69 Å². The molecule has 3 aromatic rings. The number of anilines is 1. The normalized spacial score (nSPS) is 11.4. The van der Waals surface area contributed by atoms with E-state index in [1.165, 1.54) is 12.1 Å². The third kappa shape index (κ3) is 5.31. The molecule has 0 atom stereocenters. The number of rotatable bonds is 8. The van der Waals surface area contributed by atoms with Crippen molar-refractivity contribution in [2.45, 2.75) is 24.2 Å². The number of nitrogens with one attached hydrogen (secondary N) is 2. The predicted molar refractivity (Wildman–Crippen MR) is 115 cm³/mol. The van der Waals surface area contributed by atoms with Crippen LogP contribution < -0.4 is 10.0 Å². The minimum atomic E-state index is -3.53. The molecule has 0 aromatic heterocycles. The van der Waals surface area contributed by atoms with Crippen LogP contribution in [0.15, 0.2) is 89.8 Å². The molecular formula is C23H24N2O3S. The summed E-state index contributed by atoms with van der Waals surface area (Å²) >= 11 is 0. The number of sulfonamides is 1. The molecule has 0 aliphatic heterocycles. The van der Waals surface area contributed by atoms with Crippen LogP contribution in [0.25, 0.3) is 0 Å². The van der Waals surface area contributed by atoms with Gasteiger partial charge in [-0.2, -0.15) is 0 Å². The van der Waals surface area contributed by atoms with Gasteiger partial charge in [0.15, 0.2) is 0 Å². The molecule has 0 fully saturated rings. The molecule has 29 heavy (non-hydrogen) atoms. The molecule has 5 nitrogen and oxygen atoms in total. The fourth-order valence-corrected chi connectivity index (χ4v) is 4.17. The molecule has 0 aliphatic rings. The highest BCUT2D eigenvalue weighted by molar-refractivity contribution is 7.89. The highest BCUT2D eigenvalue weighted by Crippen LogP contribution is 2.26. The zero-order valence-corrected chi connectivity index (χ0v) is 17.0. The maximum Gasteiger partial charge on any atom is 0.240 e. The van der Waals surface area contributed by atoms with Crippen LogP contribution >= 0.6 is 0 Å². The molecule has 0 unspecified atom stereocenters. The van der Waals surface area contributed by atoms with E-state index < -0.39 is 15.9 Å². The summed E-state index contributed by atoms with van der Waals surface area (Å²) in [4.78, 5) is 13.3. The average molecular weight is 409 g/mol. The fourth-order valence-electron chi connectivity index (χ4n) is 3.04. The van der Waals surface area contributed by atoms with E-state index in [0.717, 1.165) is 11.1 Å². The maximum atomic E-state index is 13.1. The summed E-state index contributed by atoms with van der Waals surface area (Å²) in [7, 11) is -3.53. The van der Waals surface area contributed by atoms with Crippen molar-refractivity contribution >= 4 is 21.6 Å². The van der Waals surface area contributed by atoms with Crippen LogP contribution in [0.1, 0.15) is 30.4 Å². The Hall–Kier alpha value is -2.96. The lowest BCUT2D eigenvalue weighted by atomic mass is 9.90. The van der Waals surface area contributed by atoms with Crippen LogP contribution in [0.2, 0.25) is 0 Å². The van der Waals surface area contributed by atoms with Crippen molar-refractivity contribution in [1.29, 1.82) is 0 Å². The van der Waals surface area contributed by atoms with Gasteiger partial charge in [-0.15, -0.1) is 0 Å². The fraction of sp³-hybridized carbons (Fsp3) is 0.174. The topological polar surface area (TPSA) is 75.3 Å². The van der Waals surface area contributed by atoms with Crippen molar-refractivity contribution in [2.24, 2.45) is 0 Å². The Morgan fingerprint density at radius 3 is 1.83 bits per heavy atom. The van der Waals surface area contributed by atoms with E-state index >= 15 is 0 Å². The molecule has 0 spiro atoms. The molecule has 3 rings (SSSR count). The van der Waals surface area contributed by atoms with Gasteiger partial charge < -0.3 is 5.32 Å². The minimum Gasteiger partial charge on any atom is -0.325 e. The summed E-state index contributed by atoms with van der Waals surface area (Å²) in [5.41, 5.74) is 2.32. The molecule has 6 heteroatoms. The third-order valence-electron chi connectivity index (χ3n) is 4.50. The van der Waals surface area contributed by atoms with E-state index in [2.05, 4.69) is 10.0 Å². The highest BCUT2D eigenvalue weighted by atomic mass is 32.2. The van der Waals surface area contributed by atoms with E-state index in [1.807, 2.05) is 67.6 Å². The second-order valence-electron chi connectivity index (χ2n) is 6.67. The second-order valence-corrected chi connectivity index (χ2v) is 8.43. The first kappa shape index (κ1) is 20.8. The van der Waals surface area contributed by atoms with Crippen LogP contribution in [0.3, 0.4) is 0 Å². The summed E-state index contributed by atoms with van der Waals surface area (Å²) in [6, 6.07) is 25.3. The Morgan fingerprint density at radius 1 is 0.828 bits per heavy atom. The Bertz CT molecular complexity index is 995. The lowest BCUT2D eigenvalue weighted by Gasteiger charge is -2.18. The van der Waals surface area contributed by atoms with E-state index in [9.17, 15) is 13.2 Å². The lowest BCUT2D eigenvalue weighted by Crippen LogP contribution is -2.24. The van der Waals surface area contributed by atoms with E-state index in [-0.39, 0.29) is 10.8 Å². The zero-order chi connectivity index (χ0) is 20.7. The Kier molecular flexibility index (Phi) is 6.80. The van der Waals surface area contributed by atoms with Gasteiger partial charge in [-0.25, -0.2) is 13.1 Å². The summed E-state index contributed by atoms with van der Waals surface area (Å²) in [5.74, 6) is -0.644. The molecule has 0 saturated heterocycles. The number of carbonyl (C=O) groups excluding carboxylic acids is 1. The van der Waals surface area contributed by atoms with E-state index in [4.69, 9.17) is 0 Å². The first-order valence-corrected chi connectivity index (χ1v) is 11.0. The van der Waals surface area contributed by atoms with Gasteiger partial charge in [-0.3, -0.25) is 4.79 Å². The Morgan fingerprint density at radius 2 is 1.34 bits per heavy atom. The number of hydrogen-bond donors (Lipinski definition) is 2. The van der Waals surface area contributed by atoms with Gasteiger partial charge in [0.1, 0.15) is 0 Å². The highest BCUT2D eigenvalue weighted by Gasteiger charge is 2.23. The van der Waals surface area contributed by atoms with E-state index in [1.54, 1.807) is 12.1 Å². The molecule has 1 amide bonds. The first-order valence-electron chi connectivity index (χ1n) is 9.52. The van der Waals surface area contributed by atoms with Gasteiger partial charge in [0.05, 0.1) is 10.8 Å². The van der Waals surface area contributed by atoms with Gasteiger partial charge in [0, 0.05) is 12.2 Å². The number of benzene rings is 3. The molecule has 0 heterocycles. The Labute approximate surface area is 171 Å². The van der Waals surface area contributed by atoms with Gasteiger partial charge >= 0.3 is 0 Å². The van der Waals surface area contributed by atoms with Gasteiger partial charge in [-0.05, 0) is 41.8 Å². The Balaban J connectivity index is 1.82. The second kappa shape index (κ2) is 9.49. The first-order chi connectivity index (χ1) is 14.0. The van der Waals surface area contributed by atoms with Crippen molar-refractivity contribution in [3.05, 3.63) is 96.1 Å². The van der Waals surface area contributed by atoms with Crippen molar-refractivity contribution in [3.8, 4) is 0 Å². The van der Waals surface area contributed by atoms with Gasteiger partial charge in [0.2, 0.25) is 15.9 Å². The summed E-state index contributed by atoms with van der Waals surface area (Å²) in [5, 5.41) is 2.91. The summed E-state index contributed by atoms with van der Waals surface area (Å²) < 4.78 is 26.9. The van der Waals surface area contributed by atoms with E-state index in [0.29, 0.717) is 18.7 Å².